The maximum atomic E-state index is 12.4. The smallest absolute Gasteiger partial charge is 0.309 e. The van der Waals surface area contributed by atoms with E-state index in [1.807, 2.05) is 0 Å². The molecule has 1 heterocycles. The third-order valence-electron chi connectivity index (χ3n) is 1.66. The molecule has 15 heavy (non-hydrogen) atoms. The number of aliphatic carboxylic acids is 1. The van der Waals surface area contributed by atoms with Crippen LogP contribution in [0.4, 0.5) is 8.78 Å². The Morgan fingerprint density at radius 3 is 2.67 bits per heavy atom. The Hall–Kier alpha value is -1.24. The van der Waals surface area contributed by atoms with Crippen molar-refractivity contribution in [3.63, 3.8) is 0 Å². The van der Waals surface area contributed by atoms with Gasteiger partial charge in [-0.25, -0.2) is 8.78 Å². The van der Waals surface area contributed by atoms with Gasteiger partial charge < -0.3 is 10.1 Å². The highest BCUT2D eigenvalue weighted by Crippen LogP contribution is 2.20. The Morgan fingerprint density at radius 1 is 1.60 bits per heavy atom. The summed E-state index contributed by atoms with van der Waals surface area (Å²) in [4.78, 5) is 23.9. The molecule has 0 atom stereocenters. The van der Waals surface area contributed by atoms with Crippen molar-refractivity contribution in [2.24, 2.45) is 0 Å². The SMILES string of the molecule is O=C(O)Cc1[nH]c(Br)cc(=O)c1C(F)F. The number of halogens is 3. The number of carboxylic acids is 1. The van der Waals surface area contributed by atoms with Crippen molar-refractivity contribution in [1.29, 1.82) is 0 Å². The molecular weight excluding hydrogens is 276 g/mol. The second-order valence-electron chi connectivity index (χ2n) is 2.74. The number of rotatable bonds is 3. The Balaban J connectivity index is 3.33. The van der Waals surface area contributed by atoms with E-state index < -0.39 is 29.8 Å². The summed E-state index contributed by atoms with van der Waals surface area (Å²) < 4.78 is 25.1. The zero-order valence-corrected chi connectivity index (χ0v) is 8.85. The van der Waals surface area contributed by atoms with Crippen molar-refractivity contribution >= 4 is 21.9 Å². The van der Waals surface area contributed by atoms with Crippen LogP contribution in [0.3, 0.4) is 0 Å². The molecule has 0 fully saturated rings. The highest BCUT2D eigenvalue weighted by molar-refractivity contribution is 9.10. The normalized spacial score (nSPS) is 10.7. The van der Waals surface area contributed by atoms with Crippen LogP contribution in [-0.4, -0.2) is 16.1 Å². The van der Waals surface area contributed by atoms with E-state index in [4.69, 9.17) is 5.11 Å². The topological polar surface area (TPSA) is 70.2 Å². The van der Waals surface area contributed by atoms with Crippen LogP contribution in [0.25, 0.3) is 0 Å². The molecule has 2 N–H and O–H groups in total. The fourth-order valence-corrected chi connectivity index (χ4v) is 1.57. The predicted molar refractivity (Wildman–Crippen MR) is 51.1 cm³/mol. The lowest BCUT2D eigenvalue weighted by Gasteiger charge is -2.06. The number of alkyl halides is 2. The molecule has 82 valence electrons. The first-order valence-electron chi connectivity index (χ1n) is 3.83. The molecule has 0 aromatic carbocycles. The summed E-state index contributed by atoms with van der Waals surface area (Å²) in [5, 5.41) is 8.47. The van der Waals surface area contributed by atoms with Gasteiger partial charge in [-0.1, -0.05) is 0 Å². The fraction of sp³-hybridized carbons (Fsp3) is 0.250. The quantitative estimate of drug-likeness (QED) is 0.829. The van der Waals surface area contributed by atoms with E-state index >= 15 is 0 Å². The third-order valence-corrected chi connectivity index (χ3v) is 2.09. The van der Waals surface area contributed by atoms with Crippen LogP contribution in [0.15, 0.2) is 15.5 Å². The highest BCUT2D eigenvalue weighted by atomic mass is 79.9. The van der Waals surface area contributed by atoms with Gasteiger partial charge in [-0.15, -0.1) is 0 Å². The minimum absolute atomic E-state index is 0.174. The average molecular weight is 282 g/mol. The average Bonchev–Trinajstić information content (AvgIpc) is 1.99. The largest absolute Gasteiger partial charge is 0.481 e. The summed E-state index contributed by atoms with van der Waals surface area (Å²) in [5.74, 6) is -1.29. The molecule has 0 spiro atoms. The maximum absolute atomic E-state index is 12.4. The van der Waals surface area contributed by atoms with E-state index in [1.54, 1.807) is 0 Å². The van der Waals surface area contributed by atoms with Crippen LogP contribution < -0.4 is 5.43 Å². The molecule has 1 aromatic heterocycles. The minimum atomic E-state index is -2.99. The lowest BCUT2D eigenvalue weighted by atomic mass is 10.1. The molecule has 1 aromatic rings. The number of H-pyrrole nitrogens is 1. The van der Waals surface area contributed by atoms with Crippen molar-refractivity contribution in [2.45, 2.75) is 12.8 Å². The number of carbonyl (C=O) groups is 1. The standard InChI is InChI=1S/C8H6BrF2NO3/c9-5-2-4(13)7(8(10)11)3(12-5)1-6(14)15/h2,8H,1H2,(H,12,13)(H,14,15). The van der Waals surface area contributed by atoms with Crippen LogP contribution in [0.1, 0.15) is 17.7 Å². The molecule has 0 amide bonds. The van der Waals surface area contributed by atoms with Crippen LogP contribution in [0.5, 0.6) is 0 Å². The van der Waals surface area contributed by atoms with Gasteiger partial charge in [0.2, 0.25) is 0 Å². The van der Waals surface area contributed by atoms with Crippen LogP contribution in [-0.2, 0) is 11.2 Å². The first kappa shape index (κ1) is 11.8. The van der Waals surface area contributed by atoms with Crippen molar-refractivity contribution in [1.82, 2.24) is 4.98 Å². The molecular formula is C8H6BrF2NO3. The first-order chi connectivity index (χ1) is 6.91. The van der Waals surface area contributed by atoms with E-state index in [9.17, 15) is 18.4 Å². The summed E-state index contributed by atoms with van der Waals surface area (Å²) in [5.41, 5.74) is -1.95. The first-order valence-corrected chi connectivity index (χ1v) is 4.62. The van der Waals surface area contributed by atoms with Crippen molar-refractivity contribution < 1.29 is 18.7 Å². The van der Waals surface area contributed by atoms with Gasteiger partial charge in [0, 0.05) is 11.8 Å². The molecule has 4 nitrogen and oxygen atoms in total. The number of hydrogen-bond acceptors (Lipinski definition) is 2. The lowest BCUT2D eigenvalue weighted by molar-refractivity contribution is -0.136. The van der Waals surface area contributed by atoms with Crippen molar-refractivity contribution in [2.75, 3.05) is 0 Å². The Morgan fingerprint density at radius 2 is 2.20 bits per heavy atom. The summed E-state index contributed by atoms with van der Waals surface area (Å²) in [6, 6.07) is 0.937. The summed E-state index contributed by atoms with van der Waals surface area (Å²) in [7, 11) is 0. The number of aromatic amines is 1. The monoisotopic (exact) mass is 281 g/mol. The molecule has 7 heteroatoms. The Bertz CT molecular complexity index is 444. The Kier molecular flexibility index (Phi) is 3.57. The molecule has 0 radical (unpaired) electrons. The molecule has 0 aliphatic carbocycles. The van der Waals surface area contributed by atoms with Crippen LogP contribution in [0.2, 0.25) is 0 Å². The molecule has 0 saturated heterocycles. The number of aromatic nitrogens is 1. The fourth-order valence-electron chi connectivity index (χ4n) is 1.12. The third kappa shape index (κ3) is 2.85. The minimum Gasteiger partial charge on any atom is -0.481 e. The highest BCUT2D eigenvalue weighted by Gasteiger charge is 2.19. The molecule has 0 aliphatic rings. The maximum Gasteiger partial charge on any atom is 0.309 e. The molecule has 0 saturated carbocycles. The van der Waals surface area contributed by atoms with Crippen molar-refractivity contribution in [3.8, 4) is 0 Å². The number of pyridine rings is 1. The second kappa shape index (κ2) is 4.52. The van der Waals surface area contributed by atoms with Gasteiger partial charge in [0.05, 0.1) is 16.6 Å². The second-order valence-corrected chi connectivity index (χ2v) is 3.60. The van der Waals surface area contributed by atoms with E-state index in [1.165, 1.54) is 0 Å². The number of carboxylic acid groups (broad SMARTS) is 1. The lowest BCUT2D eigenvalue weighted by Crippen LogP contribution is -2.16. The molecule has 0 unspecified atom stereocenters. The molecule has 0 aliphatic heterocycles. The Labute approximate surface area is 91.1 Å². The summed E-state index contributed by atoms with van der Waals surface area (Å²) in [6.45, 7) is 0. The van der Waals surface area contributed by atoms with Crippen LogP contribution >= 0.6 is 15.9 Å². The van der Waals surface area contributed by atoms with Gasteiger partial charge in [0.1, 0.15) is 0 Å². The van der Waals surface area contributed by atoms with E-state index in [2.05, 4.69) is 20.9 Å². The van der Waals surface area contributed by atoms with Gasteiger partial charge >= 0.3 is 5.97 Å². The van der Waals surface area contributed by atoms with Gasteiger partial charge in [0.25, 0.3) is 6.43 Å². The number of hydrogen-bond donors (Lipinski definition) is 2. The van der Waals surface area contributed by atoms with Gasteiger partial charge in [-0.2, -0.15) is 0 Å². The number of nitrogens with one attached hydrogen (secondary N) is 1. The summed E-state index contributed by atoms with van der Waals surface area (Å²) >= 11 is 2.89. The van der Waals surface area contributed by atoms with E-state index in [0.717, 1.165) is 6.07 Å². The van der Waals surface area contributed by atoms with Crippen molar-refractivity contribution in [3.05, 3.63) is 32.2 Å². The van der Waals surface area contributed by atoms with Gasteiger partial charge in [-0.3, -0.25) is 9.59 Å². The molecule has 0 bridgehead atoms. The summed E-state index contributed by atoms with van der Waals surface area (Å²) in [6.07, 6.45) is -3.63. The molecule has 1 rings (SSSR count). The van der Waals surface area contributed by atoms with Gasteiger partial charge in [-0.05, 0) is 15.9 Å². The van der Waals surface area contributed by atoms with Crippen LogP contribution in [0, 0.1) is 0 Å². The zero-order valence-electron chi connectivity index (χ0n) is 7.26. The van der Waals surface area contributed by atoms with Gasteiger partial charge in [0.15, 0.2) is 5.43 Å². The predicted octanol–water partition coefficient (Wildman–Crippen LogP) is 1.70. The zero-order chi connectivity index (χ0) is 11.6. The van der Waals surface area contributed by atoms with E-state index in [-0.39, 0.29) is 10.3 Å². The van der Waals surface area contributed by atoms with E-state index in [0.29, 0.717) is 0 Å².